The second-order valence-electron chi connectivity index (χ2n) is 5.39. The highest BCUT2D eigenvalue weighted by atomic mass is 16.5. The van der Waals surface area contributed by atoms with Crippen LogP contribution in [0.4, 0.5) is 0 Å². The van der Waals surface area contributed by atoms with Crippen LogP contribution in [-0.2, 0) is 9.53 Å². The standard InChI is InChI=1S/C14H26O2/c1-12(2)7-6-10-16-11-14(15)13-8-4-3-5-9-13/h12-13H,3-11H2,1-2H3. The Morgan fingerprint density at radius 2 is 1.94 bits per heavy atom. The summed E-state index contributed by atoms with van der Waals surface area (Å²) in [6.45, 7) is 5.53. The molecule has 0 radical (unpaired) electrons. The first kappa shape index (κ1) is 13.7. The molecular formula is C14H26O2. The van der Waals surface area contributed by atoms with Crippen molar-refractivity contribution in [1.82, 2.24) is 0 Å². The van der Waals surface area contributed by atoms with E-state index in [9.17, 15) is 4.79 Å². The fraction of sp³-hybridized carbons (Fsp3) is 0.929. The predicted molar refractivity (Wildman–Crippen MR) is 66.5 cm³/mol. The van der Waals surface area contributed by atoms with Crippen molar-refractivity contribution >= 4 is 5.78 Å². The largest absolute Gasteiger partial charge is 0.374 e. The van der Waals surface area contributed by atoms with E-state index in [-0.39, 0.29) is 0 Å². The highest BCUT2D eigenvalue weighted by molar-refractivity contribution is 5.82. The molecule has 0 aromatic rings. The maximum Gasteiger partial charge on any atom is 0.161 e. The number of carbonyl (C=O) groups is 1. The average molecular weight is 226 g/mol. The molecule has 2 nitrogen and oxygen atoms in total. The SMILES string of the molecule is CC(C)CCCOCC(=O)C1CCCCC1. The smallest absolute Gasteiger partial charge is 0.161 e. The number of rotatable bonds is 7. The average Bonchev–Trinajstić information content (AvgIpc) is 2.29. The number of carbonyl (C=O) groups excluding carboxylic acids is 1. The molecule has 1 rings (SSSR count). The van der Waals surface area contributed by atoms with Gasteiger partial charge in [-0.3, -0.25) is 4.79 Å². The zero-order valence-electron chi connectivity index (χ0n) is 10.8. The van der Waals surface area contributed by atoms with Crippen molar-refractivity contribution < 1.29 is 9.53 Å². The Morgan fingerprint density at radius 1 is 1.25 bits per heavy atom. The third kappa shape index (κ3) is 5.64. The molecule has 1 aliphatic carbocycles. The molecule has 0 atom stereocenters. The quantitative estimate of drug-likeness (QED) is 0.620. The van der Waals surface area contributed by atoms with E-state index in [1.165, 1.54) is 25.7 Å². The summed E-state index contributed by atoms with van der Waals surface area (Å²) in [6, 6.07) is 0. The Morgan fingerprint density at radius 3 is 2.56 bits per heavy atom. The van der Waals surface area contributed by atoms with Gasteiger partial charge in [0.25, 0.3) is 0 Å². The maximum atomic E-state index is 11.8. The molecule has 0 heterocycles. The molecule has 0 unspecified atom stereocenters. The van der Waals surface area contributed by atoms with E-state index in [2.05, 4.69) is 13.8 Å². The summed E-state index contributed by atoms with van der Waals surface area (Å²) in [7, 11) is 0. The van der Waals surface area contributed by atoms with Crippen LogP contribution >= 0.6 is 0 Å². The molecule has 1 saturated carbocycles. The van der Waals surface area contributed by atoms with Gasteiger partial charge in [0.1, 0.15) is 6.61 Å². The molecule has 0 aromatic heterocycles. The van der Waals surface area contributed by atoms with Gasteiger partial charge in [-0.05, 0) is 31.6 Å². The third-order valence-electron chi connectivity index (χ3n) is 3.37. The van der Waals surface area contributed by atoms with Crippen LogP contribution in [0.3, 0.4) is 0 Å². The zero-order chi connectivity index (χ0) is 11.8. The van der Waals surface area contributed by atoms with Crippen LogP contribution in [0.5, 0.6) is 0 Å². The molecule has 0 saturated heterocycles. The van der Waals surface area contributed by atoms with Gasteiger partial charge < -0.3 is 4.74 Å². The van der Waals surface area contributed by atoms with Crippen LogP contribution in [-0.4, -0.2) is 19.0 Å². The number of ether oxygens (including phenoxy) is 1. The summed E-state index contributed by atoms with van der Waals surface area (Å²) in [4.78, 5) is 11.8. The van der Waals surface area contributed by atoms with E-state index < -0.39 is 0 Å². The van der Waals surface area contributed by atoms with E-state index in [1.54, 1.807) is 0 Å². The Bertz CT molecular complexity index is 193. The van der Waals surface area contributed by atoms with Gasteiger partial charge in [0.15, 0.2) is 5.78 Å². The Balaban J connectivity index is 2.01. The topological polar surface area (TPSA) is 26.3 Å². The van der Waals surface area contributed by atoms with Crippen molar-refractivity contribution in [3.05, 3.63) is 0 Å². The van der Waals surface area contributed by atoms with Crippen LogP contribution < -0.4 is 0 Å². The Hall–Kier alpha value is -0.370. The lowest BCUT2D eigenvalue weighted by atomic mass is 9.86. The first-order chi connectivity index (χ1) is 7.70. The molecule has 0 bridgehead atoms. The van der Waals surface area contributed by atoms with Crippen molar-refractivity contribution in [3.63, 3.8) is 0 Å². The minimum absolute atomic E-state index is 0.304. The number of hydrogen-bond donors (Lipinski definition) is 0. The predicted octanol–water partition coefficient (Wildman–Crippen LogP) is 3.59. The van der Waals surface area contributed by atoms with Gasteiger partial charge in [0.05, 0.1) is 0 Å². The summed E-state index contributed by atoms with van der Waals surface area (Å²) in [5.41, 5.74) is 0. The van der Waals surface area contributed by atoms with Crippen LogP contribution in [0.15, 0.2) is 0 Å². The molecular weight excluding hydrogens is 200 g/mol. The van der Waals surface area contributed by atoms with E-state index in [1.807, 2.05) is 0 Å². The first-order valence-corrected chi connectivity index (χ1v) is 6.80. The zero-order valence-corrected chi connectivity index (χ0v) is 10.8. The van der Waals surface area contributed by atoms with Gasteiger partial charge in [-0.25, -0.2) is 0 Å². The van der Waals surface area contributed by atoms with Gasteiger partial charge in [-0.2, -0.15) is 0 Å². The van der Waals surface area contributed by atoms with Gasteiger partial charge in [0, 0.05) is 12.5 Å². The lowest BCUT2D eigenvalue weighted by Gasteiger charge is -2.20. The minimum atomic E-state index is 0.304. The second kappa shape index (κ2) is 7.83. The van der Waals surface area contributed by atoms with Crippen LogP contribution in [0.25, 0.3) is 0 Å². The minimum Gasteiger partial charge on any atom is -0.374 e. The molecule has 16 heavy (non-hydrogen) atoms. The lowest BCUT2D eigenvalue weighted by Crippen LogP contribution is -2.22. The monoisotopic (exact) mass is 226 g/mol. The van der Waals surface area contributed by atoms with Crippen molar-refractivity contribution in [2.24, 2.45) is 11.8 Å². The Labute approximate surface area is 99.8 Å². The first-order valence-electron chi connectivity index (χ1n) is 6.80. The highest BCUT2D eigenvalue weighted by Gasteiger charge is 2.20. The Kier molecular flexibility index (Phi) is 6.70. The van der Waals surface area contributed by atoms with Gasteiger partial charge >= 0.3 is 0 Å². The van der Waals surface area contributed by atoms with Crippen LogP contribution in [0.1, 0.15) is 58.8 Å². The molecule has 1 aliphatic rings. The second-order valence-corrected chi connectivity index (χ2v) is 5.39. The molecule has 94 valence electrons. The summed E-state index contributed by atoms with van der Waals surface area (Å²) in [5.74, 6) is 1.38. The highest BCUT2D eigenvalue weighted by Crippen LogP contribution is 2.24. The van der Waals surface area contributed by atoms with Crippen molar-refractivity contribution in [3.8, 4) is 0 Å². The molecule has 1 fully saturated rings. The van der Waals surface area contributed by atoms with Gasteiger partial charge in [-0.15, -0.1) is 0 Å². The normalized spacial score (nSPS) is 17.9. The van der Waals surface area contributed by atoms with Gasteiger partial charge in [0.2, 0.25) is 0 Å². The van der Waals surface area contributed by atoms with E-state index in [0.29, 0.717) is 18.3 Å². The fourth-order valence-electron chi connectivity index (χ4n) is 2.31. The molecule has 0 amide bonds. The lowest BCUT2D eigenvalue weighted by molar-refractivity contribution is -0.128. The van der Waals surface area contributed by atoms with Crippen LogP contribution in [0, 0.1) is 11.8 Å². The summed E-state index contributed by atoms with van der Waals surface area (Å²) in [6.07, 6.45) is 8.21. The maximum absolute atomic E-state index is 11.8. The molecule has 2 heteroatoms. The summed E-state index contributed by atoms with van der Waals surface area (Å²) in [5, 5.41) is 0. The summed E-state index contributed by atoms with van der Waals surface area (Å²) >= 11 is 0. The fourth-order valence-corrected chi connectivity index (χ4v) is 2.31. The van der Waals surface area contributed by atoms with Gasteiger partial charge in [-0.1, -0.05) is 33.1 Å². The van der Waals surface area contributed by atoms with Crippen molar-refractivity contribution in [2.75, 3.05) is 13.2 Å². The number of ketones is 1. The summed E-state index contributed by atoms with van der Waals surface area (Å²) < 4.78 is 5.45. The molecule has 0 aliphatic heterocycles. The van der Waals surface area contributed by atoms with Crippen LogP contribution in [0.2, 0.25) is 0 Å². The third-order valence-corrected chi connectivity index (χ3v) is 3.37. The van der Waals surface area contributed by atoms with E-state index in [0.717, 1.165) is 31.8 Å². The molecule has 0 N–H and O–H groups in total. The number of Topliss-reactive ketones (excluding diaryl/α,β-unsaturated/α-hetero) is 1. The molecule has 0 spiro atoms. The van der Waals surface area contributed by atoms with Crippen molar-refractivity contribution in [1.29, 1.82) is 0 Å². The van der Waals surface area contributed by atoms with E-state index >= 15 is 0 Å². The van der Waals surface area contributed by atoms with E-state index in [4.69, 9.17) is 4.74 Å². The van der Waals surface area contributed by atoms with Crippen molar-refractivity contribution in [2.45, 2.75) is 58.8 Å². The number of hydrogen-bond acceptors (Lipinski definition) is 2. The molecule has 0 aromatic carbocycles.